The lowest BCUT2D eigenvalue weighted by atomic mass is 10.1. The fraction of sp³-hybridized carbons (Fsp3) is 0.419. The molecule has 3 aromatic rings. The van der Waals surface area contributed by atoms with Crippen LogP contribution in [0.1, 0.15) is 28.2 Å². The molecule has 218 valence electrons. The summed E-state index contributed by atoms with van der Waals surface area (Å²) in [4.78, 5) is 33.1. The number of carbonyl (C=O) groups excluding carboxylic acids is 2. The van der Waals surface area contributed by atoms with E-state index >= 15 is 0 Å². The summed E-state index contributed by atoms with van der Waals surface area (Å²) in [6.45, 7) is 10.5. The number of hydrogen-bond donors (Lipinski definition) is 1. The smallest absolute Gasteiger partial charge is 0.322 e. The van der Waals surface area contributed by atoms with Crippen molar-refractivity contribution in [3.05, 3.63) is 76.7 Å². The molecular weight excluding hydrogens is 524 g/mol. The number of rotatable bonds is 10. The van der Waals surface area contributed by atoms with Gasteiger partial charge in [-0.3, -0.25) is 9.69 Å². The lowest BCUT2D eigenvalue weighted by Crippen LogP contribution is -2.48. The first kappa shape index (κ1) is 28.5. The Hall–Kier alpha value is -4.02. The molecule has 3 heterocycles. The maximum atomic E-state index is 13.9. The monoisotopic (exact) mass is 562 g/mol. The molecule has 0 radical (unpaired) electrons. The highest BCUT2D eigenvalue weighted by molar-refractivity contribution is 5.93. The van der Waals surface area contributed by atoms with E-state index in [-0.39, 0.29) is 31.8 Å². The molecule has 1 saturated heterocycles. The average Bonchev–Trinajstić information content (AvgIpc) is 3.61. The van der Waals surface area contributed by atoms with Crippen LogP contribution in [0.4, 0.5) is 10.5 Å². The van der Waals surface area contributed by atoms with Gasteiger partial charge in [-0.05, 0) is 67.8 Å². The predicted octanol–water partition coefficient (Wildman–Crippen LogP) is 4.33. The number of aryl methyl sites for hydroxylation is 2. The fourth-order valence-corrected chi connectivity index (χ4v) is 4.93. The number of fused-ring (bicyclic) bond motifs is 1. The molecule has 3 amide bonds. The number of amides is 3. The van der Waals surface area contributed by atoms with Gasteiger partial charge >= 0.3 is 6.03 Å². The van der Waals surface area contributed by atoms with Crippen LogP contribution in [0.5, 0.6) is 11.5 Å². The Kier molecular flexibility index (Phi) is 9.11. The van der Waals surface area contributed by atoms with Crippen molar-refractivity contribution >= 4 is 17.6 Å². The van der Waals surface area contributed by atoms with Gasteiger partial charge in [0.25, 0.3) is 0 Å². The molecule has 41 heavy (non-hydrogen) atoms. The van der Waals surface area contributed by atoms with E-state index in [2.05, 4.69) is 10.2 Å². The minimum Gasteiger partial charge on any atom is -0.464 e. The van der Waals surface area contributed by atoms with E-state index in [0.717, 1.165) is 41.2 Å². The number of benzene rings is 2. The van der Waals surface area contributed by atoms with E-state index in [9.17, 15) is 9.59 Å². The second kappa shape index (κ2) is 13.1. The second-order valence-electron chi connectivity index (χ2n) is 10.5. The average molecular weight is 563 g/mol. The number of morpholine rings is 1. The molecule has 2 aliphatic rings. The Labute approximate surface area is 240 Å². The first-order valence-corrected chi connectivity index (χ1v) is 14.0. The van der Waals surface area contributed by atoms with Gasteiger partial charge < -0.3 is 33.7 Å². The third kappa shape index (κ3) is 7.39. The van der Waals surface area contributed by atoms with E-state index in [1.54, 1.807) is 9.80 Å². The zero-order valence-corrected chi connectivity index (χ0v) is 24.0. The van der Waals surface area contributed by atoms with Crippen molar-refractivity contribution < 1.29 is 28.2 Å². The minimum atomic E-state index is -0.308. The van der Waals surface area contributed by atoms with Crippen molar-refractivity contribution in [2.45, 2.75) is 33.9 Å². The number of ether oxygens (including phenoxy) is 3. The number of hydrogen-bond acceptors (Lipinski definition) is 7. The van der Waals surface area contributed by atoms with Crippen LogP contribution in [-0.2, 0) is 22.6 Å². The highest BCUT2D eigenvalue weighted by Crippen LogP contribution is 2.33. The molecule has 10 heteroatoms. The Bertz CT molecular complexity index is 1370. The number of furan rings is 1. The van der Waals surface area contributed by atoms with Crippen LogP contribution < -0.4 is 14.8 Å². The zero-order valence-electron chi connectivity index (χ0n) is 24.0. The van der Waals surface area contributed by atoms with Gasteiger partial charge in [-0.15, -0.1) is 0 Å². The molecule has 1 N–H and O–H groups in total. The van der Waals surface area contributed by atoms with E-state index in [1.807, 2.05) is 69.3 Å². The number of carbonyl (C=O) groups is 2. The van der Waals surface area contributed by atoms with E-state index < -0.39 is 0 Å². The van der Waals surface area contributed by atoms with Crippen LogP contribution in [0.2, 0.25) is 0 Å². The largest absolute Gasteiger partial charge is 0.464 e. The Balaban J connectivity index is 1.34. The van der Waals surface area contributed by atoms with Crippen LogP contribution in [0.25, 0.3) is 0 Å². The summed E-state index contributed by atoms with van der Waals surface area (Å²) in [7, 11) is 0. The van der Waals surface area contributed by atoms with Crippen LogP contribution in [0.3, 0.4) is 0 Å². The summed E-state index contributed by atoms with van der Waals surface area (Å²) >= 11 is 0. The van der Waals surface area contributed by atoms with Crippen LogP contribution in [0, 0.1) is 20.8 Å². The van der Waals surface area contributed by atoms with E-state index in [4.69, 9.17) is 18.6 Å². The zero-order chi connectivity index (χ0) is 28.8. The van der Waals surface area contributed by atoms with Gasteiger partial charge in [0, 0.05) is 38.4 Å². The molecule has 1 aromatic heterocycles. The van der Waals surface area contributed by atoms with Crippen molar-refractivity contribution in [3.8, 4) is 11.5 Å². The number of urea groups is 1. The summed E-state index contributed by atoms with van der Waals surface area (Å²) in [6, 6.07) is 14.9. The van der Waals surface area contributed by atoms with Crippen molar-refractivity contribution in [1.29, 1.82) is 0 Å². The lowest BCUT2D eigenvalue weighted by Gasteiger charge is -2.31. The van der Waals surface area contributed by atoms with Gasteiger partial charge in [0.2, 0.25) is 12.7 Å². The number of nitrogens with one attached hydrogen (secondary N) is 1. The maximum absolute atomic E-state index is 13.9. The highest BCUT2D eigenvalue weighted by Gasteiger charge is 2.25. The Morgan fingerprint density at radius 3 is 2.51 bits per heavy atom. The maximum Gasteiger partial charge on any atom is 0.322 e. The summed E-state index contributed by atoms with van der Waals surface area (Å²) in [5, 5.41) is 3.04. The Morgan fingerprint density at radius 1 is 0.927 bits per heavy atom. The summed E-state index contributed by atoms with van der Waals surface area (Å²) in [5.74, 6) is 2.61. The molecule has 5 rings (SSSR count). The summed E-state index contributed by atoms with van der Waals surface area (Å²) < 4.78 is 22.3. The van der Waals surface area contributed by atoms with Gasteiger partial charge in [0.15, 0.2) is 11.5 Å². The van der Waals surface area contributed by atoms with Crippen LogP contribution in [0.15, 0.2) is 52.9 Å². The minimum absolute atomic E-state index is 0.0781. The van der Waals surface area contributed by atoms with E-state index in [0.29, 0.717) is 50.1 Å². The van der Waals surface area contributed by atoms with Gasteiger partial charge in [0.1, 0.15) is 18.1 Å². The quantitative estimate of drug-likeness (QED) is 0.393. The molecule has 0 bridgehead atoms. The standard InChI is InChI=1S/C31H38N4O6/c1-22-5-4-6-27(24(22)3)32-31(37)34(12-11-33-13-15-38-16-14-33)20-30(36)35(19-26-9-7-23(2)41-26)18-25-8-10-28-29(17-25)40-21-39-28/h4-10,17H,11-16,18-21H2,1-3H3,(H,32,37). The molecular formula is C31H38N4O6. The van der Waals surface area contributed by atoms with Crippen molar-refractivity contribution in [2.75, 3.05) is 58.0 Å². The third-order valence-corrected chi connectivity index (χ3v) is 7.56. The molecule has 1 fully saturated rings. The van der Waals surface area contributed by atoms with E-state index in [1.165, 1.54) is 0 Å². The highest BCUT2D eigenvalue weighted by atomic mass is 16.7. The van der Waals surface area contributed by atoms with Crippen molar-refractivity contribution in [1.82, 2.24) is 14.7 Å². The SMILES string of the molecule is Cc1ccc(CN(Cc2ccc3c(c2)OCO3)C(=O)CN(CCN2CCOCC2)C(=O)Nc2cccc(C)c2C)o1. The normalized spacial score (nSPS) is 14.6. The molecule has 2 aliphatic heterocycles. The summed E-state index contributed by atoms with van der Waals surface area (Å²) in [5.41, 5.74) is 3.72. The van der Waals surface area contributed by atoms with Crippen LogP contribution >= 0.6 is 0 Å². The number of anilines is 1. The number of nitrogens with zero attached hydrogens (tertiary/aromatic N) is 3. The molecule has 0 saturated carbocycles. The lowest BCUT2D eigenvalue weighted by molar-refractivity contribution is -0.133. The van der Waals surface area contributed by atoms with Gasteiger partial charge in [-0.25, -0.2) is 4.79 Å². The molecule has 0 spiro atoms. The second-order valence-corrected chi connectivity index (χ2v) is 10.5. The summed E-state index contributed by atoms with van der Waals surface area (Å²) in [6.07, 6.45) is 0. The first-order valence-electron chi connectivity index (χ1n) is 14.0. The van der Waals surface area contributed by atoms with Gasteiger partial charge in [-0.1, -0.05) is 18.2 Å². The molecule has 0 unspecified atom stereocenters. The van der Waals surface area contributed by atoms with Crippen molar-refractivity contribution in [3.63, 3.8) is 0 Å². The third-order valence-electron chi connectivity index (χ3n) is 7.56. The Morgan fingerprint density at radius 2 is 1.73 bits per heavy atom. The molecule has 0 atom stereocenters. The topological polar surface area (TPSA) is 96.7 Å². The fourth-order valence-electron chi connectivity index (χ4n) is 4.93. The molecule has 10 nitrogen and oxygen atoms in total. The molecule has 2 aromatic carbocycles. The van der Waals surface area contributed by atoms with Crippen LogP contribution in [-0.4, -0.2) is 79.4 Å². The van der Waals surface area contributed by atoms with Gasteiger partial charge in [0.05, 0.1) is 19.8 Å². The first-order chi connectivity index (χ1) is 19.9. The molecule has 0 aliphatic carbocycles. The van der Waals surface area contributed by atoms with Crippen molar-refractivity contribution in [2.24, 2.45) is 0 Å². The predicted molar refractivity (Wildman–Crippen MR) is 154 cm³/mol. The van der Waals surface area contributed by atoms with Gasteiger partial charge in [-0.2, -0.15) is 0 Å².